The maximum absolute atomic E-state index is 13.8. The van der Waals surface area contributed by atoms with Crippen LogP contribution in [0.5, 0.6) is 0 Å². The van der Waals surface area contributed by atoms with Crippen LogP contribution in [0.25, 0.3) is 10.8 Å². The topological polar surface area (TPSA) is 66.5 Å². The lowest BCUT2D eigenvalue weighted by molar-refractivity contribution is -0.146. The summed E-state index contributed by atoms with van der Waals surface area (Å²) in [6.07, 6.45) is 5.74. The van der Waals surface area contributed by atoms with Crippen LogP contribution < -0.4 is 5.32 Å². The highest BCUT2D eigenvalue weighted by molar-refractivity contribution is 6.12. The predicted molar refractivity (Wildman–Crippen MR) is 133 cm³/mol. The minimum atomic E-state index is -0.891. The molecule has 3 aromatic carbocycles. The zero-order valence-electron chi connectivity index (χ0n) is 19.2. The number of allylic oxidation sites excluding steroid dienone is 2. The van der Waals surface area contributed by atoms with Crippen molar-refractivity contribution in [1.29, 1.82) is 0 Å². The molecule has 0 aromatic heterocycles. The molecule has 7 atom stereocenters. The van der Waals surface area contributed by atoms with Gasteiger partial charge in [-0.25, -0.2) is 0 Å². The number of carbonyl (C=O) groups is 3. The Morgan fingerprint density at radius 3 is 2.17 bits per heavy atom. The van der Waals surface area contributed by atoms with E-state index in [1.165, 1.54) is 4.90 Å². The maximum Gasteiger partial charge on any atom is 0.248 e. The summed E-state index contributed by atoms with van der Waals surface area (Å²) in [5, 5.41) is 5.01. The van der Waals surface area contributed by atoms with E-state index in [2.05, 4.69) is 17.5 Å². The van der Waals surface area contributed by atoms with Crippen molar-refractivity contribution in [3.8, 4) is 0 Å². The van der Waals surface area contributed by atoms with E-state index in [0.717, 1.165) is 22.8 Å². The average Bonchev–Trinajstić information content (AvgIpc) is 3.67. The standard InChI is InChI=1S/C30H26N2O3/c33-28(31-24-12-6-10-18-9-4-5-11-19(18)24)25(15-17-7-2-1-3-8-17)32-29(34)26-20-13-14-21(23-16-22(20)23)27(26)30(32)35/h1-14,20-23,25-27H,15-16H2,(H,31,33)/t20-,21-,22-,23+,25-,26-,27+/m0/s1. The lowest BCUT2D eigenvalue weighted by Gasteiger charge is -2.37. The predicted octanol–water partition coefficient (Wildman–Crippen LogP) is 4.44. The summed E-state index contributed by atoms with van der Waals surface area (Å²) in [6.45, 7) is 0. The summed E-state index contributed by atoms with van der Waals surface area (Å²) >= 11 is 0. The molecule has 4 aliphatic carbocycles. The van der Waals surface area contributed by atoms with Crippen LogP contribution in [0.1, 0.15) is 12.0 Å². The van der Waals surface area contributed by atoms with Crippen molar-refractivity contribution in [2.45, 2.75) is 18.9 Å². The molecule has 2 saturated carbocycles. The van der Waals surface area contributed by atoms with E-state index in [4.69, 9.17) is 0 Å². The van der Waals surface area contributed by atoms with E-state index in [9.17, 15) is 14.4 Å². The van der Waals surface area contributed by atoms with Gasteiger partial charge in [0.2, 0.25) is 17.7 Å². The minimum Gasteiger partial charge on any atom is -0.324 e. The number of carbonyl (C=O) groups excluding carboxylic acids is 3. The van der Waals surface area contributed by atoms with Crippen molar-refractivity contribution < 1.29 is 14.4 Å². The number of benzene rings is 3. The summed E-state index contributed by atoms with van der Waals surface area (Å²) in [7, 11) is 0. The van der Waals surface area contributed by atoms with Crippen molar-refractivity contribution in [2.75, 3.05) is 5.32 Å². The molecule has 3 amide bonds. The highest BCUT2D eigenvalue weighted by atomic mass is 16.2. The van der Waals surface area contributed by atoms with Gasteiger partial charge in [-0.05, 0) is 47.1 Å². The number of fused-ring (bicyclic) bond motifs is 1. The molecule has 3 aromatic rings. The molecule has 5 heteroatoms. The van der Waals surface area contributed by atoms with E-state index in [1.807, 2.05) is 72.8 Å². The van der Waals surface area contributed by atoms with Crippen molar-refractivity contribution in [3.63, 3.8) is 0 Å². The fourth-order valence-corrected chi connectivity index (χ4v) is 6.98. The maximum atomic E-state index is 13.8. The highest BCUT2D eigenvalue weighted by Gasteiger charge is 2.67. The monoisotopic (exact) mass is 462 g/mol. The number of rotatable bonds is 5. The van der Waals surface area contributed by atoms with Gasteiger partial charge >= 0.3 is 0 Å². The quantitative estimate of drug-likeness (QED) is 0.450. The van der Waals surface area contributed by atoms with E-state index >= 15 is 0 Å². The van der Waals surface area contributed by atoms with Gasteiger partial charge in [-0.3, -0.25) is 19.3 Å². The molecule has 0 unspecified atom stereocenters. The van der Waals surface area contributed by atoms with Crippen LogP contribution in [0.3, 0.4) is 0 Å². The van der Waals surface area contributed by atoms with Gasteiger partial charge in [0.05, 0.1) is 11.8 Å². The van der Waals surface area contributed by atoms with Gasteiger partial charge < -0.3 is 5.32 Å². The Labute approximate surface area is 203 Å². The second-order valence-corrected chi connectivity index (χ2v) is 10.4. The third kappa shape index (κ3) is 3.10. The number of imide groups is 1. The number of likely N-dealkylation sites (tertiary alicyclic amines) is 1. The van der Waals surface area contributed by atoms with Gasteiger partial charge in [0, 0.05) is 17.5 Å². The Morgan fingerprint density at radius 2 is 1.46 bits per heavy atom. The van der Waals surface area contributed by atoms with Gasteiger partial charge in [-0.15, -0.1) is 0 Å². The van der Waals surface area contributed by atoms with Crippen LogP contribution in [-0.2, 0) is 20.8 Å². The van der Waals surface area contributed by atoms with Gasteiger partial charge in [-0.1, -0.05) is 78.9 Å². The molecule has 174 valence electrons. The van der Waals surface area contributed by atoms with E-state index < -0.39 is 6.04 Å². The Bertz CT molecular complexity index is 1360. The Kier molecular flexibility index (Phi) is 4.50. The third-order valence-corrected chi connectivity index (χ3v) is 8.63. The molecule has 5 nitrogen and oxygen atoms in total. The summed E-state index contributed by atoms with van der Waals surface area (Å²) in [6, 6.07) is 22.4. The summed E-state index contributed by atoms with van der Waals surface area (Å²) < 4.78 is 0. The average molecular weight is 463 g/mol. The number of anilines is 1. The fraction of sp³-hybridized carbons (Fsp3) is 0.300. The Hall–Kier alpha value is -3.73. The number of nitrogens with zero attached hydrogens (tertiary/aromatic N) is 1. The molecule has 1 aliphatic heterocycles. The Balaban J connectivity index is 1.25. The van der Waals surface area contributed by atoms with Crippen molar-refractivity contribution in [2.24, 2.45) is 35.5 Å². The van der Waals surface area contributed by atoms with E-state index in [0.29, 0.717) is 23.9 Å². The number of amides is 3. The second kappa shape index (κ2) is 7.64. The van der Waals surface area contributed by atoms with Crippen molar-refractivity contribution in [3.05, 3.63) is 90.5 Å². The molecular formula is C30H26N2O3. The number of nitrogens with one attached hydrogen (secondary N) is 1. The number of hydrogen-bond acceptors (Lipinski definition) is 3. The largest absolute Gasteiger partial charge is 0.324 e. The molecule has 8 rings (SSSR count). The van der Waals surface area contributed by atoms with Crippen LogP contribution >= 0.6 is 0 Å². The highest BCUT2D eigenvalue weighted by Crippen LogP contribution is 2.65. The first kappa shape index (κ1) is 20.6. The Morgan fingerprint density at radius 1 is 0.829 bits per heavy atom. The third-order valence-electron chi connectivity index (χ3n) is 8.63. The lowest BCUT2D eigenvalue weighted by atomic mass is 9.63. The van der Waals surface area contributed by atoms with Gasteiger partial charge in [0.15, 0.2) is 0 Å². The van der Waals surface area contributed by atoms with Gasteiger partial charge in [0.1, 0.15) is 6.04 Å². The smallest absolute Gasteiger partial charge is 0.248 e. The van der Waals surface area contributed by atoms with Crippen LogP contribution in [0.2, 0.25) is 0 Å². The van der Waals surface area contributed by atoms with E-state index in [1.54, 1.807) is 0 Å². The molecular weight excluding hydrogens is 436 g/mol. The van der Waals surface area contributed by atoms with Crippen LogP contribution in [0.4, 0.5) is 5.69 Å². The summed E-state index contributed by atoms with van der Waals surface area (Å²) in [5.41, 5.74) is 1.61. The van der Waals surface area contributed by atoms with Crippen molar-refractivity contribution in [1.82, 2.24) is 4.90 Å². The fourth-order valence-electron chi connectivity index (χ4n) is 6.98. The molecule has 3 fully saturated rings. The van der Waals surface area contributed by atoms with E-state index in [-0.39, 0.29) is 41.4 Å². The first-order valence-electron chi connectivity index (χ1n) is 12.5. The first-order chi connectivity index (χ1) is 17.1. The molecule has 5 aliphatic rings. The minimum absolute atomic E-state index is 0.134. The molecule has 2 bridgehead atoms. The molecule has 35 heavy (non-hydrogen) atoms. The molecule has 1 N–H and O–H groups in total. The summed E-state index contributed by atoms with van der Waals surface area (Å²) in [5.74, 6) is 0.0353. The second-order valence-electron chi connectivity index (χ2n) is 10.4. The normalized spacial score (nSPS) is 30.8. The zero-order valence-corrected chi connectivity index (χ0v) is 19.2. The van der Waals surface area contributed by atoms with Crippen LogP contribution in [-0.4, -0.2) is 28.7 Å². The van der Waals surface area contributed by atoms with Crippen molar-refractivity contribution >= 4 is 34.2 Å². The molecule has 1 saturated heterocycles. The molecule has 0 radical (unpaired) electrons. The lowest BCUT2D eigenvalue weighted by Crippen LogP contribution is -2.49. The van der Waals surface area contributed by atoms with Crippen LogP contribution in [0, 0.1) is 35.5 Å². The first-order valence-corrected chi connectivity index (χ1v) is 12.5. The van der Waals surface area contributed by atoms with Gasteiger partial charge in [-0.2, -0.15) is 0 Å². The molecule has 1 heterocycles. The summed E-state index contributed by atoms with van der Waals surface area (Å²) in [4.78, 5) is 42.7. The SMILES string of the molecule is O=C(Nc1cccc2ccccc12)[C@H](Cc1ccccc1)N1C(=O)[C@@H]2[C@H]3C=C[C@@H]([C@@H]4C[C@H]34)[C@@H]2C1=O. The number of hydrogen-bond donors (Lipinski definition) is 1. The zero-order chi connectivity index (χ0) is 23.7. The van der Waals surface area contributed by atoms with Gasteiger partial charge in [0.25, 0.3) is 0 Å². The molecule has 0 spiro atoms. The van der Waals surface area contributed by atoms with Crippen LogP contribution in [0.15, 0.2) is 84.9 Å².